The van der Waals surface area contributed by atoms with Crippen molar-refractivity contribution in [2.45, 2.75) is 37.5 Å². The molecule has 0 radical (unpaired) electrons. The van der Waals surface area contributed by atoms with Gasteiger partial charge in [-0.05, 0) is 12.1 Å². The summed E-state index contributed by atoms with van der Waals surface area (Å²) in [4.78, 5) is 16.3. The third-order valence-electron chi connectivity index (χ3n) is 3.78. The maximum Gasteiger partial charge on any atom is 0.389 e. The summed E-state index contributed by atoms with van der Waals surface area (Å²) in [5, 5.41) is 0. The third kappa shape index (κ3) is 4.14. The Morgan fingerprint density at radius 3 is 2.41 bits per heavy atom. The van der Waals surface area contributed by atoms with Crippen LogP contribution in [0.25, 0.3) is 0 Å². The van der Waals surface area contributed by atoms with Crippen LogP contribution in [0.4, 0.5) is 22.0 Å². The van der Waals surface area contributed by atoms with E-state index in [4.69, 9.17) is 0 Å². The van der Waals surface area contributed by atoms with Crippen LogP contribution in [0.15, 0.2) is 18.3 Å². The molecule has 0 aromatic carbocycles. The van der Waals surface area contributed by atoms with E-state index in [0.29, 0.717) is 0 Å². The van der Waals surface area contributed by atoms with Crippen LogP contribution in [-0.2, 0) is 10.5 Å². The number of nitrogens with zero attached hydrogens (tertiary/aromatic N) is 2. The van der Waals surface area contributed by atoms with Crippen molar-refractivity contribution in [3.05, 3.63) is 29.8 Å². The van der Waals surface area contributed by atoms with Crippen LogP contribution in [0.5, 0.6) is 0 Å². The minimum absolute atomic E-state index is 0.0323. The first-order chi connectivity index (χ1) is 10.2. The predicted molar refractivity (Wildman–Crippen MR) is 68.1 cm³/mol. The Morgan fingerprint density at radius 2 is 1.91 bits per heavy atom. The molecule has 1 aromatic heterocycles. The van der Waals surface area contributed by atoms with Crippen molar-refractivity contribution in [3.8, 4) is 0 Å². The van der Waals surface area contributed by atoms with E-state index in [-0.39, 0.29) is 31.5 Å². The Morgan fingerprint density at radius 1 is 1.27 bits per heavy atom. The zero-order chi connectivity index (χ0) is 16.4. The summed E-state index contributed by atoms with van der Waals surface area (Å²) < 4.78 is 63.8. The number of likely N-dealkylation sites (tertiary alicyclic amines) is 1. The SMILES string of the molecule is O=C(CCC(F)(F)F)N1CCC(F)(c2ccc(F)nc2)CC1. The molecule has 22 heavy (non-hydrogen) atoms. The van der Waals surface area contributed by atoms with Crippen LogP contribution in [0.1, 0.15) is 31.2 Å². The van der Waals surface area contributed by atoms with Gasteiger partial charge in [0.2, 0.25) is 11.9 Å². The molecule has 2 heterocycles. The van der Waals surface area contributed by atoms with E-state index < -0.39 is 36.5 Å². The molecule has 122 valence electrons. The second-order valence-electron chi connectivity index (χ2n) is 5.33. The molecular weight excluding hydrogens is 307 g/mol. The van der Waals surface area contributed by atoms with E-state index in [0.717, 1.165) is 12.3 Å². The topological polar surface area (TPSA) is 33.2 Å². The molecule has 1 amide bonds. The zero-order valence-corrected chi connectivity index (χ0v) is 11.7. The Kier molecular flexibility index (Phi) is 4.67. The molecule has 2 rings (SSSR count). The van der Waals surface area contributed by atoms with Gasteiger partial charge in [-0.15, -0.1) is 0 Å². The zero-order valence-electron chi connectivity index (χ0n) is 11.7. The number of halogens is 5. The number of carbonyl (C=O) groups excluding carboxylic acids is 1. The highest BCUT2D eigenvalue weighted by Gasteiger charge is 2.38. The van der Waals surface area contributed by atoms with Crippen molar-refractivity contribution >= 4 is 5.91 Å². The fourth-order valence-electron chi connectivity index (χ4n) is 2.45. The van der Waals surface area contributed by atoms with Crippen LogP contribution in [0.2, 0.25) is 0 Å². The molecule has 0 unspecified atom stereocenters. The fourth-order valence-corrected chi connectivity index (χ4v) is 2.45. The first-order valence-electron chi connectivity index (χ1n) is 6.85. The van der Waals surface area contributed by atoms with Crippen LogP contribution in [0, 0.1) is 5.95 Å². The number of piperidine rings is 1. The van der Waals surface area contributed by atoms with Gasteiger partial charge >= 0.3 is 6.18 Å². The van der Waals surface area contributed by atoms with Crippen molar-refractivity contribution < 1.29 is 26.7 Å². The maximum absolute atomic E-state index is 14.8. The normalized spacial score (nSPS) is 18.3. The van der Waals surface area contributed by atoms with Crippen molar-refractivity contribution in [2.75, 3.05) is 13.1 Å². The molecule has 0 atom stereocenters. The smallest absolute Gasteiger partial charge is 0.342 e. The molecule has 1 aliphatic heterocycles. The Labute approximate surface area is 124 Å². The first kappa shape index (κ1) is 16.6. The summed E-state index contributed by atoms with van der Waals surface area (Å²) in [6.07, 6.45) is -5.16. The first-order valence-corrected chi connectivity index (χ1v) is 6.85. The van der Waals surface area contributed by atoms with E-state index in [9.17, 15) is 26.7 Å². The minimum atomic E-state index is -4.38. The number of rotatable bonds is 3. The lowest BCUT2D eigenvalue weighted by Gasteiger charge is -2.36. The van der Waals surface area contributed by atoms with Crippen LogP contribution in [0.3, 0.4) is 0 Å². The average Bonchev–Trinajstić information content (AvgIpc) is 2.45. The molecular formula is C14H15F5N2O. The summed E-state index contributed by atoms with van der Waals surface area (Å²) in [6.45, 7) is 0.0646. The largest absolute Gasteiger partial charge is 0.389 e. The number of alkyl halides is 4. The minimum Gasteiger partial charge on any atom is -0.342 e. The fraction of sp³-hybridized carbons (Fsp3) is 0.571. The van der Waals surface area contributed by atoms with Crippen molar-refractivity contribution in [3.63, 3.8) is 0 Å². The molecule has 1 fully saturated rings. The van der Waals surface area contributed by atoms with E-state index in [1.807, 2.05) is 0 Å². The molecule has 8 heteroatoms. The van der Waals surface area contributed by atoms with Crippen LogP contribution in [-0.4, -0.2) is 35.1 Å². The third-order valence-corrected chi connectivity index (χ3v) is 3.78. The standard InChI is InChI=1S/C14H15F5N2O/c15-11-2-1-10(9-20-11)13(16)5-7-21(8-6-13)12(22)3-4-14(17,18)19/h1-2,9H,3-8H2. The highest BCUT2D eigenvalue weighted by molar-refractivity contribution is 5.76. The Balaban J connectivity index is 1.92. The van der Waals surface area contributed by atoms with Crippen LogP contribution < -0.4 is 0 Å². The molecule has 1 saturated heterocycles. The quantitative estimate of drug-likeness (QED) is 0.631. The van der Waals surface area contributed by atoms with Gasteiger partial charge in [-0.2, -0.15) is 17.6 Å². The molecule has 1 aromatic rings. The summed E-state index contributed by atoms with van der Waals surface area (Å²) in [5.74, 6) is -1.34. The van der Waals surface area contributed by atoms with Gasteiger partial charge in [0.1, 0.15) is 5.67 Å². The highest BCUT2D eigenvalue weighted by atomic mass is 19.4. The van der Waals surface area contributed by atoms with Gasteiger partial charge in [-0.25, -0.2) is 9.37 Å². The van der Waals surface area contributed by atoms with Crippen molar-refractivity contribution in [2.24, 2.45) is 0 Å². The average molecular weight is 322 g/mol. The van der Waals surface area contributed by atoms with Gasteiger partial charge in [0, 0.05) is 44.1 Å². The van der Waals surface area contributed by atoms with E-state index in [2.05, 4.69) is 4.98 Å². The second-order valence-corrected chi connectivity index (χ2v) is 5.33. The molecule has 1 aliphatic rings. The lowest BCUT2D eigenvalue weighted by molar-refractivity contribution is -0.150. The lowest BCUT2D eigenvalue weighted by Crippen LogP contribution is -2.43. The van der Waals surface area contributed by atoms with E-state index in [1.54, 1.807) is 0 Å². The number of carbonyl (C=O) groups is 1. The van der Waals surface area contributed by atoms with E-state index in [1.165, 1.54) is 11.0 Å². The van der Waals surface area contributed by atoms with Gasteiger partial charge in [0.05, 0.1) is 6.42 Å². The highest BCUT2D eigenvalue weighted by Crippen LogP contribution is 2.37. The van der Waals surface area contributed by atoms with Crippen molar-refractivity contribution in [1.29, 1.82) is 0 Å². The van der Waals surface area contributed by atoms with Gasteiger partial charge in [-0.1, -0.05) is 0 Å². The summed E-state index contributed by atoms with van der Waals surface area (Å²) >= 11 is 0. The number of hydrogen-bond donors (Lipinski definition) is 0. The summed E-state index contributed by atoms with van der Waals surface area (Å²) in [5.41, 5.74) is -1.52. The van der Waals surface area contributed by atoms with Crippen LogP contribution >= 0.6 is 0 Å². The molecule has 0 saturated carbocycles. The number of hydrogen-bond acceptors (Lipinski definition) is 2. The predicted octanol–water partition coefficient (Wildman–Crippen LogP) is 3.35. The molecule has 0 bridgehead atoms. The number of aromatic nitrogens is 1. The van der Waals surface area contributed by atoms with Crippen molar-refractivity contribution in [1.82, 2.24) is 9.88 Å². The van der Waals surface area contributed by atoms with E-state index >= 15 is 0 Å². The van der Waals surface area contributed by atoms with Gasteiger partial charge in [0.25, 0.3) is 0 Å². The Bertz CT molecular complexity index is 521. The molecule has 0 aliphatic carbocycles. The summed E-state index contributed by atoms with van der Waals surface area (Å²) in [6, 6.07) is 2.35. The molecule has 0 N–H and O–H groups in total. The monoisotopic (exact) mass is 322 g/mol. The Hall–Kier alpha value is -1.73. The molecule has 0 spiro atoms. The van der Waals surface area contributed by atoms with Gasteiger partial charge < -0.3 is 4.90 Å². The lowest BCUT2D eigenvalue weighted by atomic mass is 9.87. The second kappa shape index (κ2) is 6.18. The molecule has 3 nitrogen and oxygen atoms in total. The summed E-state index contributed by atoms with van der Waals surface area (Å²) in [7, 11) is 0. The van der Waals surface area contributed by atoms with Gasteiger partial charge in [-0.3, -0.25) is 4.79 Å². The maximum atomic E-state index is 14.8. The number of amides is 1. The van der Waals surface area contributed by atoms with Gasteiger partial charge in [0.15, 0.2) is 0 Å². The number of pyridine rings is 1.